The van der Waals surface area contributed by atoms with Crippen LogP contribution in [0.25, 0.3) is 0 Å². The maximum Gasteiger partial charge on any atom is 0.252 e. The summed E-state index contributed by atoms with van der Waals surface area (Å²) in [5, 5.41) is 3.20. The molecule has 0 bridgehead atoms. The number of fused-ring (bicyclic) bond motifs is 1. The second-order valence-electron chi connectivity index (χ2n) is 6.77. The van der Waals surface area contributed by atoms with Crippen LogP contribution in [0.4, 0.5) is 5.69 Å². The molecule has 2 aliphatic rings. The lowest BCUT2D eigenvalue weighted by molar-refractivity contribution is 0.0931. The van der Waals surface area contributed by atoms with E-state index in [0.717, 1.165) is 35.5 Å². The fourth-order valence-electron chi connectivity index (χ4n) is 3.26. The fraction of sp³-hybridized carbons (Fsp3) is 0.350. The van der Waals surface area contributed by atoms with Gasteiger partial charge in [-0.1, -0.05) is 12.1 Å². The Hall–Kier alpha value is -2.40. The summed E-state index contributed by atoms with van der Waals surface area (Å²) >= 11 is 0. The molecule has 1 unspecified atom stereocenters. The lowest BCUT2D eigenvalue weighted by Gasteiger charge is -2.23. The Morgan fingerprint density at radius 2 is 1.85 bits per heavy atom. The monoisotopic (exact) mass is 374 g/mol. The Balaban J connectivity index is 0.00000196. The number of halogens is 1. The summed E-state index contributed by atoms with van der Waals surface area (Å²) in [4.78, 5) is 12.8. The van der Waals surface area contributed by atoms with E-state index in [1.807, 2.05) is 37.3 Å². The van der Waals surface area contributed by atoms with E-state index in [4.69, 9.17) is 15.2 Å². The Kier molecular flexibility index (Phi) is 5.28. The number of amides is 1. The number of nitrogen functional groups attached to an aromatic ring is 1. The molecule has 3 N–H and O–H groups in total. The van der Waals surface area contributed by atoms with Crippen LogP contribution >= 0.6 is 12.4 Å². The first-order chi connectivity index (χ1) is 12.1. The van der Waals surface area contributed by atoms with E-state index in [1.165, 1.54) is 0 Å². The fourth-order valence-corrected chi connectivity index (χ4v) is 3.26. The molecule has 1 aliphatic heterocycles. The summed E-state index contributed by atoms with van der Waals surface area (Å²) in [6.07, 6.45) is 2.24. The zero-order chi connectivity index (χ0) is 17.4. The van der Waals surface area contributed by atoms with Gasteiger partial charge in [0, 0.05) is 11.3 Å². The number of anilines is 1. The van der Waals surface area contributed by atoms with Crippen LogP contribution in [0, 0.1) is 12.8 Å². The highest BCUT2D eigenvalue weighted by Crippen LogP contribution is 2.43. The van der Waals surface area contributed by atoms with Crippen molar-refractivity contribution in [2.24, 2.45) is 5.92 Å². The molecule has 0 spiro atoms. The van der Waals surface area contributed by atoms with Crippen molar-refractivity contribution in [3.8, 4) is 11.5 Å². The zero-order valence-corrected chi connectivity index (χ0v) is 15.5. The third kappa shape index (κ3) is 3.73. The minimum absolute atomic E-state index is 0. The molecule has 1 fully saturated rings. The molecule has 5 nitrogen and oxygen atoms in total. The number of aryl methyl sites for hydroxylation is 1. The van der Waals surface area contributed by atoms with Gasteiger partial charge < -0.3 is 20.5 Å². The van der Waals surface area contributed by atoms with Gasteiger partial charge in [-0.25, -0.2) is 0 Å². The number of hydrogen-bond acceptors (Lipinski definition) is 4. The average molecular weight is 375 g/mol. The third-order valence-corrected chi connectivity index (χ3v) is 4.81. The molecule has 138 valence electrons. The number of benzene rings is 2. The van der Waals surface area contributed by atoms with Gasteiger partial charge in [-0.15, -0.1) is 12.4 Å². The lowest BCUT2D eigenvalue weighted by atomic mass is 10.00. The van der Waals surface area contributed by atoms with Crippen molar-refractivity contribution < 1.29 is 14.3 Å². The summed E-state index contributed by atoms with van der Waals surface area (Å²) in [5.41, 5.74) is 9.05. The topological polar surface area (TPSA) is 73.6 Å². The van der Waals surface area contributed by atoms with Gasteiger partial charge in [0.1, 0.15) is 13.2 Å². The summed E-state index contributed by atoms with van der Waals surface area (Å²) in [6.45, 7) is 3.05. The molecule has 0 saturated heterocycles. The number of carbonyl (C=O) groups is 1. The van der Waals surface area contributed by atoms with Crippen molar-refractivity contribution >= 4 is 24.0 Å². The van der Waals surface area contributed by atoms with Gasteiger partial charge in [-0.05, 0) is 61.1 Å². The molecular weight excluding hydrogens is 352 g/mol. The molecule has 1 aliphatic carbocycles. The van der Waals surface area contributed by atoms with Crippen molar-refractivity contribution in [2.45, 2.75) is 25.8 Å². The minimum Gasteiger partial charge on any atom is -0.486 e. The van der Waals surface area contributed by atoms with Crippen LogP contribution in [0.3, 0.4) is 0 Å². The van der Waals surface area contributed by atoms with Gasteiger partial charge >= 0.3 is 0 Å². The van der Waals surface area contributed by atoms with E-state index in [1.54, 1.807) is 6.07 Å². The summed E-state index contributed by atoms with van der Waals surface area (Å²) < 4.78 is 11.3. The molecule has 2 aromatic carbocycles. The predicted molar refractivity (Wildman–Crippen MR) is 103 cm³/mol. The van der Waals surface area contributed by atoms with Crippen molar-refractivity contribution in [3.05, 3.63) is 53.1 Å². The van der Waals surface area contributed by atoms with Gasteiger partial charge in [0.25, 0.3) is 5.91 Å². The van der Waals surface area contributed by atoms with Crippen LogP contribution in [0.15, 0.2) is 36.4 Å². The number of carbonyl (C=O) groups excluding carboxylic acids is 1. The molecule has 26 heavy (non-hydrogen) atoms. The second kappa shape index (κ2) is 7.46. The zero-order valence-electron chi connectivity index (χ0n) is 14.7. The number of nitrogens with one attached hydrogen (secondary N) is 1. The Morgan fingerprint density at radius 3 is 2.58 bits per heavy atom. The van der Waals surface area contributed by atoms with Crippen molar-refractivity contribution in [1.82, 2.24) is 5.32 Å². The first kappa shape index (κ1) is 18.4. The van der Waals surface area contributed by atoms with Gasteiger partial charge in [-0.3, -0.25) is 4.79 Å². The summed E-state index contributed by atoms with van der Waals surface area (Å²) in [7, 11) is 0. The predicted octanol–water partition coefficient (Wildman–Crippen LogP) is 3.65. The molecule has 0 aromatic heterocycles. The quantitative estimate of drug-likeness (QED) is 0.801. The molecule has 6 heteroatoms. The van der Waals surface area contributed by atoms with E-state index in [2.05, 4.69) is 5.32 Å². The number of nitrogens with two attached hydrogens (primary N) is 1. The number of rotatable bonds is 4. The molecule has 2 aromatic rings. The maximum atomic E-state index is 12.8. The maximum absolute atomic E-state index is 12.8. The SMILES string of the molecule is Cc1ccc(N)cc1C(=O)NC(c1ccc2c(c1)OCCO2)C1CC1.Cl. The van der Waals surface area contributed by atoms with E-state index >= 15 is 0 Å². The standard InChI is InChI=1S/C20H22N2O3.ClH/c1-12-2-6-15(21)11-16(12)20(23)22-19(13-3-4-13)14-5-7-17-18(10-14)25-9-8-24-17;/h2,5-7,10-11,13,19H,3-4,8-9,21H2,1H3,(H,22,23);1H. The van der Waals surface area contributed by atoms with Crippen LogP contribution in [0.1, 0.15) is 40.4 Å². The van der Waals surface area contributed by atoms with Gasteiger partial charge in [-0.2, -0.15) is 0 Å². The first-order valence-electron chi connectivity index (χ1n) is 8.68. The van der Waals surface area contributed by atoms with Gasteiger partial charge in [0.15, 0.2) is 11.5 Å². The van der Waals surface area contributed by atoms with Crippen LogP contribution in [-0.4, -0.2) is 19.1 Å². The normalized spacial score (nSPS) is 16.3. The van der Waals surface area contributed by atoms with Crippen molar-refractivity contribution in [3.63, 3.8) is 0 Å². The minimum atomic E-state index is -0.0865. The van der Waals surface area contributed by atoms with E-state index < -0.39 is 0 Å². The van der Waals surface area contributed by atoms with Crippen LogP contribution in [0.2, 0.25) is 0 Å². The summed E-state index contributed by atoms with van der Waals surface area (Å²) in [6, 6.07) is 11.3. The molecule has 1 saturated carbocycles. The molecule has 1 atom stereocenters. The smallest absolute Gasteiger partial charge is 0.252 e. The molecule has 1 amide bonds. The summed E-state index contributed by atoms with van der Waals surface area (Å²) in [5.74, 6) is 1.90. The number of hydrogen-bond donors (Lipinski definition) is 2. The van der Waals surface area contributed by atoms with Crippen LogP contribution in [-0.2, 0) is 0 Å². The average Bonchev–Trinajstić information content (AvgIpc) is 3.46. The molecule has 4 rings (SSSR count). The number of ether oxygens (including phenoxy) is 2. The second-order valence-corrected chi connectivity index (χ2v) is 6.77. The van der Waals surface area contributed by atoms with E-state index in [-0.39, 0.29) is 24.4 Å². The third-order valence-electron chi connectivity index (χ3n) is 4.81. The highest BCUT2D eigenvalue weighted by molar-refractivity contribution is 5.96. The van der Waals surface area contributed by atoms with Crippen LogP contribution in [0.5, 0.6) is 11.5 Å². The Morgan fingerprint density at radius 1 is 1.12 bits per heavy atom. The van der Waals surface area contributed by atoms with Crippen molar-refractivity contribution in [2.75, 3.05) is 18.9 Å². The van der Waals surface area contributed by atoms with Gasteiger partial charge in [0.2, 0.25) is 0 Å². The van der Waals surface area contributed by atoms with Crippen molar-refractivity contribution in [1.29, 1.82) is 0 Å². The molecule has 0 radical (unpaired) electrons. The van der Waals surface area contributed by atoms with E-state index in [9.17, 15) is 4.79 Å². The van der Waals surface area contributed by atoms with E-state index in [0.29, 0.717) is 30.4 Å². The molecule has 1 heterocycles. The van der Waals surface area contributed by atoms with Gasteiger partial charge in [0.05, 0.1) is 6.04 Å². The Labute approximate surface area is 159 Å². The highest BCUT2D eigenvalue weighted by Gasteiger charge is 2.34. The largest absolute Gasteiger partial charge is 0.486 e. The highest BCUT2D eigenvalue weighted by atomic mass is 35.5. The Bertz CT molecular complexity index is 821. The van der Waals surface area contributed by atoms with Crippen LogP contribution < -0.4 is 20.5 Å². The lowest BCUT2D eigenvalue weighted by Crippen LogP contribution is -2.30. The first-order valence-corrected chi connectivity index (χ1v) is 8.68. The molecular formula is C20H23ClN2O3.